The van der Waals surface area contributed by atoms with E-state index >= 15 is 0 Å². The highest BCUT2D eigenvalue weighted by Crippen LogP contribution is 2.42. The molecule has 0 saturated carbocycles. The minimum Gasteiger partial charge on any atom is -0.384 e. The number of pyridine rings is 1. The van der Waals surface area contributed by atoms with Crippen LogP contribution in [0.25, 0.3) is 21.8 Å². The maximum Gasteiger partial charge on any atom is 0.228 e. The smallest absolute Gasteiger partial charge is 0.228 e. The summed E-state index contributed by atoms with van der Waals surface area (Å²) in [5.74, 6) is 0.572. The highest BCUT2D eigenvalue weighted by atomic mass is 32.1. The average Bonchev–Trinajstić information content (AvgIpc) is 3.19. The largest absolute Gasteiger partial charge is 0.384 e. The number of hydrogen-bond donors (Lipinski definition) is 1. The molecule has 0 aliphatic heterocycles. The number of carbonyl (C=O) groups is 1. The number of aryl methyl sites for hydroxylation is 1. The Hall–Kier alpha value is -2.74. The van der Waals surface area contributed by atoms with Crippen LogP contribution in [0.1, 0.15) is 42.6 Å². The topological polar surface area (TPSA) is 89.9 Å². The molecule has 7 nitrogen and oxygen atoms in total. The van der Waals surface area contributed by atoms with Gasteiger partial charge in [0.2, 0.25) is 5.91 Å². The maximum atomic E-state index is 12.2. The van der Waals surface area contributed by atoms with Gasteiger partial charge in [-0.2, -0.15) is 5.10 Å². The lowest BCUT2D eigenvalue weighted by Gasteiger charge is -2.10. The number of fused-ring (bicyclic) bond motifs is 3. The Labute approximate surface area is 174 Å². The number of nitrogen functional groups attached to an aromatic ring is 1. The fraction of sp³-hybridized carbons (Fsp3) is 0.429. The molecule has 1 aliphatic carbocycles. The van der Waals surface area contributed by atoms with E-state index in [2.05, 4.69) is 23.5 Å². The lowest BCUT2D eigenvalue weighted by molar-refractivity contribution is -0.127. The molecular formula is C21H26N6OS. The number of anilines is 1. The molecule has 1 aliphatic rings. The van der Waals surface area contributed by atoms with E-state index in [9.17, 15) is 4.79 Å². The summed E-state index contributed by atoms with van der Waals surface area (Å²) in [6.45, 7) is 4.28. The second-order valence-corrected chi connectivity index (χ2v) is 8.97. The van der Waals surface area contributed by atoms with Crippen molar-refractivity contribution in [1.82, 2.24) is 24.6 Å². The third kappa shape index (κ3) is 3.64. The van der Waals surface area contributed by atoms with Crippen LogP contribution in [-0.4, -0.2) is 44.7 Å². The molecule has 3 aromatic rings. The van der Waals surface area contributed by atoms with Crippen molar-refractivity contribution in [2.75, 3.05) is 19.8 Å². The second-order valence-electron chi connectivity index (χ2n) is 7.89. The molecule has 152 valence electrons. The van der Waals surface area contributed by atoms with Crippen LogP contribution in [0.4, 0.5) is 5.82 Å². The van der Waals surface area contributed by atoms with Crippen LogP contribution in [0.3, 0.4) is 0 Å². The van der Waals surface area contributed by atoms with Gasteiger partial charge in [0.1, 0.15) is 10.8 Å². The molecule has 4 rings (SSSR count). The Morgan fingerprint density at radius 2 is 2.10 bits per heavy atom. The second kappa shape index (κ2) is 7.59. The van der Waals surface area contributed by atoms with Gasteiger partial charge in [0.25, 0.3) is 0 Å². The summed E-state index contributed by atoms with van der Waals surface area (Å²) in [6, 6.07) is 4.00. The summed E-state index contributed by atoms with van der Waals surface area (Å²) in [6.07, 6.45) is 4.99. The number of aromatic nitrogens is 4. The van der Waals surface area contributed by atoms with Crippen molar-refractivity contribution in [3.05, 3.63) is 34.6 Å². The van der Waals surface area contributed by atoms with Crippen LogP contribution >= 0.6 is 11.3 Å². The van der Waals surface area contributed by atoms with Gasteiger partial charge in [-0.15, -0.1) is 11.3 Å². The molecule has 2 N–H and O–H groups in total. The predicted molar refractivity (Wildman–Crippen MR) is 116 cm³/mol. The molecule has 29 heavy (non-hydrogen) atoms. The SMILES string of the molecule is CC(C)n1nc(-c2ccc(N)nc2)c2c1-c1sc(CC(=O)N(C)C)nc1CCC2. The van der Waals surface area contributed by atoms with Crippen molar-refractivity contribution in [3.63, 3.8) is 0 Å². The van der Waals surface area contributed by atoms with Gasteiger partial charge >= 0.3 is 0 Å². The molecule has 1 amide bonds. The fourth-order valence-corrected chi connectivity index (χ4v) is 4.81. The van der Waals surface area contributed by atoms with Gasteiger partial charge in [0.05, 0.1) is 28.4 Å². The van der Waals surface area contributed by atoms with Crippen molar-refractivity contribution in [3.8, 4) is 21.8 Å². The zero-order chi connectivity index (χ0) is 20.7. The average molecular weight is 411 g/mol. The molecule has 0 radical (unpaired) electrons. The number of thiazole rings is 1. The molecule has 0 saturated heterocycles. The first-order chi connectivity index (χ1) is 13.8. The van der Waals surface area contributed by atoms with E-state index in [0.717, 1.165) is 51.8 Å². The summed E-state index contributed by atoms with van der Waals surface area (Å²) in [4.78, 5) is 24.0. The molecular weight excluding hydrogens is 384 g/mol. The number of hydrogen-bond acceptors (Lipinski definition) is 6. The molecule has 3 aromatic heterocycles. The highest BCUT2D eigenvalue weighted by Gasteiger charge is 2.28. The van der Waals surface area contributed by atoms with Gasteiger partial charge in [0.15, 0.2) is 0 Å². The Balaban J connectivity index is 1.85. The third-order valence-electron chi connectivity index (χ3n) is 5.16. The van der Waals surface area contributed by atoms with E-state index in [0.29, 0.717) is 12.2 Å². The van der Waals surface area contributed by atoms with Crippen LogP contribution in [-0.2, 0) is 24.1 Å². The Morgan fingerprint density at radius 1 is 1.31 bits per heavy atom. The Bertz CT molecular complexity index is 1050. The summed E-state index contributed by atoms with van der Waals surface area (Å²) in [5, 5.41) is 5.84. The van der Waals surface area contributed by atoms with Gasteiger partial charge in [-0.25, -0.2) is 9.97 Å². The number of nitrogens with two attached hydrogens (primary N) is 1. The fourth-order valence-electron chi connectivity index (χ4n) is 3.65. The molecule has 8 heteroatoms. The first-order valence-electron chi connectivity index (χ1n) is 9.87. The number of rotatable bonds is 4. The van der Waals surface area contributed by atoms with Crippen molar-refractivity contribution in [2.45, 2.75) is 45.6 Å². The Kier molecular flexibility index (Phi) is 5.12. The van der Waals surface area contributed by atoms with Crippen LogP contribution in [0.15, 0.2) is 18.3 Å². The van der Waals surface area contributed by atoms with E-state index in [1.54, 1.807) is 36.5 Å². The summed E-state index contributed by atoms with van der Waals surface area (Å²) >= 11 is 1.62. The van der Waals surface area contributed by atoms with Gasteiger partial charge < -0.3 is 10.6 Å². The Morgan fingerprint density at radius 3 is 2.76 bits per heavy atom. The van der Waals surface area contributed by atoms with E-state index in [1.165, 1.54) is 5.56 Å². The van der Waals surface area contributed by atoms with Crippen LogP contribution < -0.4 is 5.73 Å². The number of amides is 1. The van der Waals surface area contributed by atoms with Crippen molar-refractivity contribution < 1.29 is 4.79 Å². The standard InChI is InChI=1S/C21H26N6OS/c1-12(2)27-20-14(19(25-27)13-8-9-16(22)23-11-13)6-5-7-15-21(20)29-17(24-15)10-18(28)26(3)4/h8-9,11-12H,5-7,10H2,1-4H3,(H2,22,23). The number of likely N-dealkylation sites (N-methyl/N-ethyl adjacent to an activating group) is 1. The van der Waals surface area contributed by atoms with E-state index in [-0.39, 0.29) is 11.9 Å². The normalized spacial score (nSPS) is 13.1. The van der Waals surface area contributed by atoms with Crippen LogP contribution in [0.2, 0.25) is 0 Å². The van der Waals surface area contributed by atoms with Gasteiger partial charge in [-0.1, -0.05) is 0 Å². The molecule has 0 unspecified atom stereocenters. The molecule has 3 heterocycles. The van der Waals surface area contributed by atoms with E-state index < -0.39 is 0 Å². The zero-order valence-corrected chi connectivity index (χ0v) is 18.1. The van der Waals surface area contributed by atoms with Gasteiger partial charge in [0, 0.05) is 37.5 Å². The minimum absolute atomic E-state index is 0.0696. The highest BCUT2D eigenvalue weighted by molar-refractivity contribution is 7.15. The van der Waals surface area contributed by atoms with E-state index in [1.807, 2.05) is 12.1 Å². The van der Waals surface area contributed by atoms with Crippen LogP contribution in [0.5, 0.6) is 0 Å². The van der Waals surface area contributed by atoms with Crippen LogP contribution in [0, 0.1) is 0 Å². The molecule has 0 bridgehead atoms. The third-order valence-corrected chi connectivity index (χ3v) is 6.26. The zero-order valence-electron chi connectivity index (χ0n) is 17.3. The first-order valence-corrected chi connectivity index (χ1v) is 10.7. The van der Waals surface area contributed by atoms with Crippen molar-refractivity contribution >= 4 is 23.1 Å². The van der Waals surface area contributed by atoms with Crippen molar-refractivity contribution in [2.24, 2.45) is 0 Å². The lowest BCUT2D eigenvalue weighted by Crippen LogP contribution is -2.23. The molecule has 0 aromatic carbocycles. The predicted octanol–water partition coefficient (Wildman–Crippen LogP) is 3.35. The number of carbonyl (C=O) groups excluding carboxylic acids is 1. The number of nitrogens with zero attached hydrogens (tertiary/aromatic N) is 5. The molecule has 0 fully saturated rings. The van der Waals surface area contributed by atoms with Crippen molar-refractivity contribution in [1.29, 1.82) is 0 Å². The maximum absolute atomic E-state index is 12.2. The monoisotopic (exact) mass is 410 g/mol. The van der Waals surface area contributed by atoms with Gasteiger partial charge in [-0.05, 0) is 45.2 Å². The molecule has 0 spiro atoms. The lowest BCUT2D eigenvalue weighted by atomic mass is 10.0. The quantitative estimate of drug-likeness (QED) is 0.712. The molecule has 0 atom stereocenters. The van der Waals surface area contributed by atoms with E-state index in [4.69, 9.17) is 15.8 Å². The van der Waals surface area contributed by atoms with Gasteiger partial charge in [-0.3, -0.25) is 9.48 Å². The minimum atomic E-state index is 0.0696. The summed E-state index contributed by atoms with van der Waals surface area (Å²) in [7, 11) is 3.56. The summed E-state index contributed by atoms with van der Waals surface area (Å²) in [5.41, 5.74) is 11.2. The summed E-state index contributed by atoms with van der Waals surface area (Å²) < 4.78 is 2.10. The first kappa shape index (κ1) is 19.6.